The second-order valence-corrected chi connectivity index (χ2v) is 9.02. The topological polar surface area (TPSA) is 77.9 Å². The summed E-state index contributed by atoms with van der Waals surface area (Å²) in [5.41, 5.74) is 1.33. The summed E-state index contributed by atoms with van der Waals surface area (Å²) in [5, 5.41) is 9.69. The van der Waals surface area contributed by atoms with Crippen molar-refractivity contribution in [2.24, 2.45) is 0 Å². The number of sulfone groups is 1. The molecule has 8 heteroatoms. The molecule has 6 nitrogen and oxygen atoms in total. The number of hydrogen-bond donors (Lipinski definition) is 1. The van der Waals surface area contributed by atoms with Crippen LogP contribution < -0.4 is 0 Å². The minimum atomic E-state index is -3.19. The van der Waals surface area contributed by atoms with Crippen LogP contribution in [0.5, 0.6) is 0 Å². The maximum atomic E-state index is 13.0. The van der Waals surface area contributed by atoms with Crippen LogP contribution in [0.4, 0.5) is 0 Å². The lowest BCUT2D eigenvalue weighted by Crippen LogP contribution is -2.61. The molecule has 0 spiro atoms. The van der Waals surface area contributed by atoms with Crippen LogP contribution in [0.15, 0.2) is 18.2 Å². The van der Waals surface area contributed by atoms with Gasteiger partial charge in [0.2, 0.25) is 0 Å². The molecule has 2 saturated heterocycles. The van der Waals surface area contributed by atoms with Crippen molar-refractivity contribution in [3.05, 3.63) is 34.3 Å². The van der Waals surface area contributed by atoms with Gasteiger partial charge in [-0.25, -0.2) is 8.42 Å². The van der Waals surface area contributed by atoms with E-state index in [4.69, 9.17) is 11.6 Å². The minimum absolute atomic E-state index is 0.0229. The Hall–Kier alpha value is -1.15. The van der Waals surface area contributed by atoms with E-state index in [0.29, 0.717) is 30.2 Å². The molecule has 0 radical (unpaired) electrons. The van der Waals surface area contributed by atoms with E-state index in [0.717, 1.165) is 5.56 Å². The van der Waals surface area contributed by atoms with E-state index in [2.05, 4.69) is 0 Å². The first-order valence-corrected chi connectivity index (χ1v) is 10.1. The van der Waals surface area contributed by atoms with Crippen molar-refractivity contribution in [1.82, 2.24) is 9.80 Å². The number of rotatable bonds is 3. The van der Waals surface area contributed by atoms with Gasteiger partial charge in [-0.15, -0.1) is 0 Å². The molecule has 0 aliphatic carbocycles. The second-order valence-electron chi connectivity index (χ2n) is 6.43. The molecule has 1 aromatic carbocycles. The number of aliphatic hydroxyl groups excluding tert-OH is 1. The highest BCUT2D eigenvalue weighted by molar-refractivity contribution is 7.91. The molecule has 2 heterocycles. The number of nitrogens with zero attached hydrogens (tertiary/aromatic N) is 2. The first-order chi connectivity index (χ1) is 11.3. The zero-order chi connectivity index (χ0) is 17.5. The average molecular weight is 373 g/mol. The van der Waals surface area contributed by atoms with E-state index in [1.807, 2.05) is 11.8 Å². The first-order valence-electron chi connectivity index (χ1n) is 7.95. The van der Waals surface area contributed by atoms with Crippen LogP contribution in [0.1, 0.15) is 15.9 Å². The van der Waals surface area contributed by atoms with Gasteiger partial charge in [0.1, 0.15) is 0 Å². The molecule has 132 valence electrons. The average Bonchev–Trinajstić information content (AvgIpc) is 2.85. The fraction of sp³-hybridized carbons (Fsp3) is 0.562. The minimum Gasteiger partial charge on any atom is -0.395 e. The third-order valence-electron chi connectivity index (χ3n) is 4.87. The third-order valence-corrected chi connectivity index (χ3v) is 6.80. The molecule has 0 saturated carbocycles. The van der Waals surface area contributed by atoms with Crippen molar-refractivity contribution in [3.8, 4) is 0 Å². The molecule has 2 aliphatic heterocycles. The smallest absolute Gasteiger partial charge is 0.254 e. The molecule has 0 unspecified atom stereocenters. The van der Waals surface area contributed by atoms with Gasteiger partial charge in [-0.3, -0.25) is 9.69 Å². The Kier molecular flexibility index (Phi) is 4.88. The third kappa shape index (κ3) is 3.31. The van der Waals surface area contributed by atoms with Gasteiger partial charge in [-0.2, -0.15) is 0 Å². The lowest BCUT2D eigenvalue weighted by molar-refractivity contribution is 0.0281. The zero-order valence-electron chi connectivity index (χ0n) is 13.5. The summed E-state index contributed by atoms with van der Waals surface area (Å²) in [6.07, 6.45) is 0. The molecule has 1 amide bonds. The van der Waals surface area contributed by atoms with Crippen molar-refractivity contribution in [2.45, 2.75) is 19.0 Å². The highest BCUT2D eigenvalue weighted by Crippen LogP contribution is 2.29. The summed E-state index contributed by atoms with van der Waals surface area (Å²) in [4.78, 5) is 16.6. The Balaban J connectivity index is 1.91. The van der Waals surface area contributed by atoms with Crippen LogP contribution in [-0.2, 0) is 9.84 Å². The normalized spacial score (nSPS) is 26.4. The number of piperazine rings is 1. The Morgan fingerprint density at radius 2 is 2.00 bits per heavy atom. The number of hydrogen-bond acceptors (Lipinski definition) is 5. The molecule has 1 N–H and O–H groups in total. The quantitative estimate of drug-likeness (QED) is 0.839. The maximum Gasteiger partial charge on any atom is 0.254 e. The number of carbonyl (C=O) groups excluding carboxylic acids is 1. The van der Waals surface area contributed by atoms with Gasteiger partial charge in [0.25, 0.3) is 5.91 Å². The van der Waals surface area contributed by atoms with E-state index in [1.165, 1.54) is 0 Å². The monoisotopic (exact) mass is 372 g/mol. The Morgan fingerprint density at radius 3 is 2.71 bits per heavy atom. The lowest BCUT2D eigenvalue weighted by atomic mass is 10.0. The first kappa shape index (κ1) is 17.7. The van der Waals surface area contributed by atoms with Gasteiger partial charge in [0.15, 0.2) is 9.84 Å². The van der Waals surface area contributed by atoms with Crippen molar-refractivity contribution in [2.75, 3.05) is 37.7 Å². The number of benzene rings is 1. The van der Waals surface area contributed by atoms with E-state index in [9.17, 15) is 18.3 Å². The standard InChI is InChI=1S/C16H21ClN2O4S/c1-11-2-3-12(17)8-13(11)16(21)19-5-4-18(6-7-20)14-9-24(22,23)10-15(14)19/h2-3,8,14-15,20H,4-7,9-10H2,1H3/t14-,15+/m1/s1. The van der Waals surface area contributed by atoms with Gasteiger partial charge in [0, 0.05) is 36.3 Å². The number of halogens is 1. The fourth-order valence-electron chi connectivity index (χ4n) is 3.66. The maximum absolute atomic E-state index is 13.0. The van der Waals surface area contributed by atoms with Crippen molar-refractivity contribution in [1.29, 1.82) is 0 Å². The Morgan fingerprint density at radius 1 is 1.29 bits per heavy atom. The van der Waals surface area contributed by atoms with Gasteiger partial charge >= 0.3 is 0 Å². The predicted octanol–water partition coefficient (Wildman–Crippen LogP) is 0.564. The molecule has 24 heavy (non-hydrogen) atoms. The summed E-state index contributed by atoms with van der Waals surface area (Å²) in [7, 11) is -3.19. The van der Waals surface area contributed by atoms with Gasteiger partial charge in [-0.1, -0.05) is 17.7 Å². The highest BCUT2D eigenvalue weighted by Gasteiger charge is 2.48. The van der Waals surface area contributed by atoms with Crippen molar-refractivity contribution >= 4 is 27.3 Å². The molecule has 2 atom stereocenters. The molecule has 1 aromatic rings. The number of β-amino-alcohol motifs (C(OH)–C–C–N with tert-alkyl or cyclic N) is 1. The molecular formula is C16H21ClN2O4S. The van der Waals surface area contributed by atoms with Crippen LogP contribution in [0, 0.1) is 6.92 Å². The van der Waals surface area contributed by atoms with E-state index < -0.39 is 9.84 Å². The Labute approximate surface area is 146 Å². The number of aliphatic hydroxyl groups is 1. The van der Waals surface area contributed by atoms with Crippen molar-refractivity contribution in [3.63, 3.8) is 0 Å². The van der Waals surface area contributed by atoms with E-state index >= 15 is 0 Å². The van der Waals surface area contributed by atoms with Gasteiger partial charge in [0.05, 0.1) is 24.2 Å². The summed E-state index contributed by atoms with van der Waals surface area (Å²) >= 11 is 6.02. The van der Waals surface area contributed by atoms with Crippen molar-refractivity contribution < 1.29 is 18.3 Å². The predicted molar refractivity (Wildman–Crippen MR) is 92.1 cm³/mol. The van der Waals surface area contributed by atoms with Gasteiger partial charge < -0.3 is 10.0 Å². The molecule has 0 bridgehead atoms. The highest BCUT2D eigenvalue weighted by atomic mass is 35.5. The number of amides is 1. The largest absolute Gasteiger partial charge is 0.395 e. The van der Waals surface area contributed by atoms with E-state index in [1.54, 1.807) is 23.1 Å². The fourth-order valence-corrected chi connectivity index (χ4v) is 5.85. The van der Waals surface area contributed by atoms with Crippen LogP contribution in [0.3, 0.4) is 0 Å². The number of fused-ring (bicyclic) bond motifs is 1. The number of carbonyl (C=O) groups is 1. The SMILES string of the molecule is Cc1ccc(Cl)cc1C(=O)N1CCN(CCO)[C@@H]2CS(=O)(=O)C[C@@H]21. The molecule has 2 fully saturated rings. The van der Waals surface area contributed by atoms with Crippen LogP contribution in [0.25, 0.3) is 0 Å². The second kappa shape index (κ2) is 6.63. The summed E-state index contributed by atoms with van der Waals surface area (Å²) in [6.45, 7) is 3.25. The molecule has 3 rings (SSSR count). The lowest BCUT2D eigenvalue weighted by Gasteiger charge is -2.43. The molecule has 2 aliphatic rings. The van der Waals surface area contributed by atoms with Gasteiger partial charge in [-0.05, 0) is 24.6 Å². The number of aryl methyl sites for hydroxylation is 1. The summed E-state index contributed by atoms with van der Waals surface area (Å²) in [5.74, 6) is -0.160. The Bertz CT molecular complexity index is 752. The molecular weight excluding hydrogens is 352 g/mol. The zero-order valence-corrected chi connectivity index (χ0v) is 15.1. The van der Waals surface area contributed by atoms with Crippen LogP contribution >= 0.6 is 11.6 Å². The molecule has 0 aromatic heterocycles. The van der Waals surface area contributed by atoms with Crippen LogP contribution in [-0.4, -0.2) is 79.1 Å². The summed E-state index contributed by atoms with van der Waals surface area (Å²) in [6, 6.07) is 4.54. The van der Waals surface area contributed by atoms with Crippen LogP contribution in [0.2, 0.25) is 5.02 Å². The summed E-state index contributed by atoms with van der Waals surface area (Å²) < 4.78 is 24.2. The van der Waals surface area contributed by atoms with E-state index in [-0.39, 0.29) is 36.1 Å².